The van der Waals surface area contributed by atoms with Crippen LogP contribution in [-0.4, -0.2) is 8.97 Å². The van der Waals surface area contributed by atoms with Gasteiger partial charge in [0.1, 0.15) is 15.9 Å². The molecule has 154 valence electrons. The van der Waals surface area contributed by atoms with Gasteiger partial charge >= 0.3 is 0 Å². The first-order valence-corrected chi connectivity index (χ1v) is 12.0. The number of rotatable bonds is 0. The maximum Gasteiger partial charge on any atom is 0.161 e. The molecule has 9 aromatic rings. The molecule has 4 aromatic carbocycles. The molecule has 0 atom stereocenters. The third kappa shape index (κ3) is 1.71. The average molecular weight is 441 g/mol. The smallest absolute Gasteiger partial charge is 0.161 e. The van der Waals surface area contributed by atoms with E-state index in [1.54, 1.807) is 0 Å². The minimum absolute atomic E-state index is 0.941. The van der Waals surface area contributed by atoms with Crippen LogP contribution >= 0.6 is 11.3 Å². The predicted molar refractivity (Wildman–Crippen MR) is 140 cm³/mol. The number of furan rings is 1. The molecule has 0 saturated carbocycles. The normalized spacial score (nSPS) is 13.0. The van der Waals surface area contributed by atoms with Gasteiger partial charge in [0.05, 0.1) is 11.0 Å². The summed E-state index contributed by atoms with van der Waals surface area (Å²) < 4.78 is 12.7. The second-order valence-corrected chi connectivity index (χ2v) is 10.0. The molecule has 0 spiro atoms. The number of para-hydroxylation sites is 1. The number of aromatic nitrogens is 2. The van der Waals surface area contributed by atoms with Gasteiger partial charge in [-0.15, -0.1) is 11.3 Å². The average Bonchev–Trinajstić information content (AvgIpc) is 3.55. The minimum atomic E-state index is 0.941. The summed E-state index contributed by atoms with van der Waals surface area (Å²) in [6.07, 6.45) is 0. The van der Waals surface area contributed by atoms with Crippen molar-refractivity contribution in [3.05, 3.63) is 78.9 Å². The number of hydrogen-bond donors (Lipinski definition) is 0. The third-order valence-electron chi connectivity index (χ3n) is 7.48. The molecule has 5 heterocycles. The van der Waals surface area contributed by atoms with Crippen molar-refractivity contribution in [2.45, 2.75) is 0 Å². The first-order valence-electron chi connectivity index (χ1n) is 11.2. The molecule has 5 aromatic heterocycles. The standard InChI is InChI=1S/C29H16N2OS/c1-30-19-10-6-9-17-23-16-8-3-5-12-22(16)33-29(23)31-26-18(13-14-20(30)25(26)24(17)19)28-27(31)15-7-2-4-11-21(15)32-28/h2-14H,1H3. The maximum absolute atomic E-state index is 6.50. The number of thiophene rings is 1. The van der Waals surface area contributed by atoms with E-state index < -0.39 is 0 Å². The van der Waals surface area contributed by atoms with Crippen LogP contribution < -0.4 is 0 Å². The summed E-state index contributed by atoms with van der Waals surface area (Å²) in [4.78, 5) is 1.28. The number of benzene rings is 4. The monoisotopic (exact) mass is 440 g/mol. The van der Waals surface area contributed by atoms with Crippen molar-refractivity contribution in [1.29, 1.82) is 0 Å². The number of hydrogen-bond acceptors (Lipinski definition) is 2. The summed E-state index contributed by atoms with van der Waals surface area (Å²) >= 11 is 1.88. The SMILES string of the molecule is Cn1c2cccc3c2c2c1ccc1c4oc5ccccc5c4n(c4sc5ccccc5c34)c12. The van der Waals surface area contributed by atoms with Crippen LogP contribution in [-0.2, 0) is 7.05 Å². The Morgan fingerprint density at radius 3 is 2.36 bits per heavy atom. The summed E-state index contributed by atoms with van der Waals surface area (Å²) in [5, 5.41) is 8.98. The molecule has 0 N–H and O–H groups in total. The second-order valence-electron chi connectivity index (χ2n) is 9.00. The van der Waals surface area contributed by atoms with Gasteiger partial charge in [-0.3, -0.25) is 4.40 Å². The zero-order valence-electron chi connectivity index (χ0n) is 17.7. The lowest BCUT2D eigenvalue weighted by Crippen LogP contribution is -1.87. The van der Waals surface area contributed by atoms with Crippen LogP contribution in [0.3, 0.4) is 0 Å². The Hall–Kier alpha value is -4.02. The molecule has 0 amide bonds. The Balaban J connectivity index is 1.81. The van der Waals surface area contributed by atoms with Gasteiger partial charge in [0, 0.05) is 49.6 Å². The summed E-state index contributed by atoms with van der Waals surface area (Å²) in [5.41, 5.74) is 6.88. The fourth-order valence-electron chi connectivity index (χ4n) is 6.14. The Bertz CT molecular complexity index is 2250. The zero-order valence-corrected chi connectivity index (χ0v) is 18.5. The summed E-state index contributed by atoms with van der Waals surface area (Å²) in [7, 11) is 2.18. The van der Waals surface area contributed by atoms with E-state index in [-0.39, 0.29) is 0 Å². The van der Waals surface area contributed by atoms with Crippen molar-refractivity contribution >= 4 is 91.8 Å². The van der Waals surface area contributed by atoms with Crippen LogP contribution in [0.5, 0.6) is 0 Å². The molecule has 4 heteroatoms. The Morgan fingerprint density at radius 1 is 0.636 bits per heavy atom. The molecular weight excluding hydrogens is 424 g/mol. The van der Waals surface area contributed by atoms with Crippen LogP contribution in [0.2, 0.25) is 0 Å². The Morgan fingerprint density at radius 2 is 1.42 bits per heavy atom. The highest BCUT2D eigenvalue weighted by Gasteiger charge is 2.25. The largest absolute Gasteiger partial charge is 0.454 e. The van der Waals surface area contributed by atoms with Gasteiger partial charge < -0.3 is 8.98 Å². The molecule has 3 nitrogen and oxygen atoms in total. The van der Waals surface area contributed by atoms with E-state index in [0.29, 0.717) is 0 Å². The number of fused-ring (bicyclic) bond motifs is 10. The predicted octanol–water partition coefficient (Wildman–Crippen LogP) is 8.44. The zero-order chi connectivity index (χ0) is 21.4. The van der Waals surface area contributed by atoms with E-state index in [1.807, 2.05) is 11.3 Å². The lowest BCUT2D eigenvalue weighted by molar-refractivity contribution is 0.673. The highest BCUT2D eigenvalue weighted by atomic mass is 32.1. The first kappa shape index (κ1) is 16.6. The van der Waals surface area contributed by atoms with Crippen LogP contribution in [0, 0.1) is 0 Å². The molecule has 0 fully saturated rings. The summed E-state index contributed by atoms with van der Waals surface area (Å²) in [6, 6.07) is 28.5. The van der Waals surface area contributed by atoms with Crippen LogP contribution in [0.1, 0.15) is 0 Å². The van der Waals surface area contributed by atoms with E-state index in [9.17, 15) is 0 Å². The van der Waals surface area contributed by atoms with E-state index >= 15 is 0 Å². The van der Waals surface area contributed by atoms with Gasteiger partial charge in [-0.2, -0.15) is 0 Å². The fraction of sp³-hybridized carbons (Fsp3) is 0.0345. The highest BCUT2D eigenvalue weighted by molar-refractivity contribution is 7.25. The summed E-state index contributed by atoms with van der Waals surface area (Å²) in [6.45, 7) is 0. The van der Waals surface area contributed by atoms with Crippen LogP contribution in [0.4, 0.5) is 0 Å². The Kier molecular flexibility index (Phi) is 2.67. The molecule has 0 aliphatic rings. The maximum atomic E-state index is 6.50. The van der Waals surface area contributed by atoms with Crippen molar-refractivity contribution in [3.8, 4) is 0 Å². The van der Waals surface area contributed by atoms with Crippen molar-refractivity contribution in [3.63, 3.8) is 0 Å². The topological polar surface area (TPSA) is 22.5 Å². The van der Waals surface area contributed by atoms with Gasteiger partial charge in [-0.25, -0.2) is 0 Å². The lowest BCUT2D eigenvalue weighted by Gasteiger charge is -2.01. The van der Waals surface area contributed by atoms with Crippen molar-refractivity contribution < 1.29 is 4.42 Å². The van der Waals surface area contributed by atoms with E-state index in [4.69, 9.17) is 4.42 Å². The first-order chi connectivity index (χ1) is 16.3. The minimum Gasteiger partial charge on any atom is -0.454 e. The fourth-order valence-corrected chi connectivity index (χ4v) is 7.37. The molecular formula is C29H16N2OS. The Labute approximate surface area is 191 Å². The van der Waals surface area contributed by atoms with E-state index in [2.05, 4.69) is 94.9 Å². The molecule has 0 saturated heterocycles. The van der Waals surface area contributed by atoms with Crippen LogP contribution in [0.25, 0.3) is 80.5 Å². The molecule has 0 bridgehead atoms. The summed E-state index contributed by atoms with van der Waals surface area (Å²) in [5.74, 6) is 0. The lowest BCUT2D eigenvalue weighted by atomic mass is 10.0. The van der Waals surface area contributed by atoms with Crippen molar-refractivity contribution in [2.24, 2.45) is 7.05 Å². The van der Waals surface area contributed by atoms with Gasteiger partial charge in [-0.1, -0.05) is 42.5 Å². The molecule has 9 rings (SSSR count). The second kappa shape index (κ2) is 5.30. The quantitative estimate of drug-likeness (QED) is 0.232. The van der Waals surface area contributed by atoms with E-state index in [1.165, 1.54) is 69.3 Å². The molecule has 0 aliphatic heterocycles. The van der Waals surface area contributed by atoms with Gasteiger partial charge in [0.25, 0.3) is 0 Å². The van der Waals surface area contributed by atoms with E-state index in [0.717, 1.165) is 11.2 Å². The van der Waals surface area contributed by atoms with Crippen molar-refractivity contribution in [2.75, 3.05) is 0 Å². The third-order valence-corrected chi connectivity index (χ3v) is 8.64. The van der Waals surface area contributed by atoms with Crippen molar-refractivity contribution in [1.82, 2.24) is 8.97 Å². The molecule has 0 radical (unpaired) electrons. The van der Waals surface area contributed by atoms with Gasteiger partial charge in [-0.05, 0) is 41.8 Å². The molecule has 0 unspecified atom stereocenters. The van der Waals surface area contributed by atoms with Gasteiger partial charge in [0.15, 0.2) is 5.58 Å². The molecule has 0 aliphatic carbocycles. The van der Waals surface area contributed by atoms with Gasteiger partial charge in [0.2, 0.25) is 0 Å². The number of nitrogens with zero attached hydrogens (tertiary/aromatic N) is 2. The molecule has 33 heavy (non-hydrogen) atoms. The number of aryl methyl sites for hydroxylation is 1. The highest BCUT2D eigenvalue weighted by Crippen LogP contribution is 2.48. The van der Waals surface area contributed by atoms with Crippen LogP contribution in [0.15, 0.2) is 83.3 Å².